The van der Waals surface area contributed by atoms with Crippen LogP contribution in [0.1, 0.15) is 33.9 Å². The summed E-state index contributed by atoms with van der Waals surface area (Å²) in [6.45, 7) is 5.45. The molecule has 0 spiro atoms. The number of carbonyl (C=O) groups excluding carboxylic acids is 1. The predicted octanol–water partition coefficient (Wildman–Crippen LogP) is 2.75. The minimum absolute atomic E-state index is 0.0711. The highest BCUT2D eigenvalue weighted by atomic mass is 31.1. The number of benzene rings is 1. The molecule has 3 aromatic rings. The standard InChI is InChI=1S/C24H32FN7O7P/c1-13(2)37-21(34)14(3)32(39-15-9-7-6-8-10-15)40(35)36-11-16-18(33)24(4,25)22(38-16)31-12-28-17-19(27-5)29-23(26)30-20(17)31/h6-10,12-14,16,18,22,33H,11H2,1-5H3,(H3,26,27,29,30)/q+1/t14-,16-,18-,22-,24-/m1/s1. The lowest BCUT2D eigenvalue weighted by atomic mass is 9.98. The van der Waals surface area contributed by atoms with Crippen LogP contribution in [0.5, 0.6) is 5.75 Å². The van der Waals surface area contributed by atoms with Gasteiger partial charge in [-0.2, -0.15) is 9.97 Å². The second-order valence-corrected chi connectivity index (χ2v) is 10.7. The quantitative estimate of drug-likeness (QED) is 0.172. The van der Waals surface area contributed by atoms with Gasteiger partial charge in [0, 0.05) is 7.05 Å². The number of ether oxygens (including phenoxy) is 2. The highest BCUT2D eigenvalue weighted by Crippen LogP contribution is 2.44. The molecule has 1 fully saturated rings. The van der Waals surface area contributed by atoms with Crippen LogP contribution in [0.15, 0.2) is 36.7 Å². The van der Waals surface area contributed by atoms with Crippen molar-refractivity contribution in [3.8, 4) is 5.75 Å². The van der Waals surface area contributed by atoms with Crippen LogP contribution in [0.25, 0.3) is 11.2 Å². The molecule has 0 radical (unpaired) electrons. The minimum Gasteiger partial charge on any atom is -0.462 e. The highest BCUT2D eigenvalue weighted by Gasteiger charge is 2.56. The van der Waals surface area contributed by atoms with Gasteiger partial charge in [-0.1, -0.05) is 18.2 Å². The number of halogens is 1. The number of aromatic nitrogens is 4. The summed E-state index contributed by atoms with van der Waals surface area (Å²) in [5.74, 6) is -0.138. The van der Waals surface area contributed by atoms with E-state index in [-0.39, 0.29) is 11.6 Å². The first-order valence-corrected chi connectivity index (χ1v) is 13.6. The van der Waals surface area contributed by atoms with Gasteiger partial charge in [-0.15, -0.1) is 4.52 Å². The molecule has 1 aromatic carbocycles. The zero-order valence-corrected chi connectivity index (χ0v) is 23.5. The van der Waals surface area contributed by atoms with E-state index >= 15 is 4.39 Å². The molecule has 0 bridgehead atoms. The Morgan fingerprint density at radius 2 is 2.02 bits per heavy atom. The third kappa shape index (κ3) is 5.98. The molecule has 16 heteroatoms. The minimum atomic E-state index is -2.85. The number of para-hydroxylation sites is 1. The van der Waals surface area contributed by atoms with Crippen LogP contribution in [-0.2, 0) is 23.4 Å². The number of nitrogens with zero attached hydrogens (tertiary/aromatic N) is 5. The second kappa shape index (κ2) is 11.9. The Balaban J connectivity index is 1.52. The van der Waals surface area contributed by atoms with E-state index in [4.69, 9.17) is 24.6 Å². The summed E-state index contributed by atoms with van der Waals surface area (Å²) in [5.41, 5.74) is 3.97. The van der Waals surface area contributed by atoms with Gasteiger partial charge in [0.1, 0.15) is 23.6 Å². The predicted molar refractivity (Wildman–Crippen MR) is 142 cm³/mol. The van der Waals surface area contributed by atoms with Crippen LogP contribution in [-0.4, -0.2) is 79.1 Å². The van der Waals surface area contributed by atoms with E-state index in [1.54, 1.807) is 51.2 Å². The zero-order chi connectivity index (χ0) is 29.2. The first-order chi connectivity index (χ1) is 18.9. The molecule has 4 N–H and O–H groups in total. The van der Waals surface area contributed by atoms with Crippen molar-refractivity contribution in [1.29, 1.82) is 0 Å². The number of hydrogen-bond acceptors (Lipinski definition) is 12. The molecule has 3 heterocycles. The number of hydrogen-bond donors (Lipinski definition) is 3. The van der Waals surface area contributed by atoms with Crippen molar-refractivity contribution >= 4 is 37.1 Å². The maximum absolute atomic E-state index is 15.9. The number of aliphatic hydroxyl groups excluding tert-OH is 1. The molecule has 0 amide bonds. The molecule has 40 heavy (non-hydrogen) atoms. The molecule has 0 aliphatic carbocycles. The summed E-state index contributed by atoms with van der Waals surface area (Å²) < 4.78 is 47.0. The van der Waals surface area contributed by atoms with E-state index < -0.39 is 57.0 Å². The zero-order valence-electron chi connectivity index (χ0n) is 22.6. The average molecular weight is 581 g/mol. The van der Waals surface area contributed by atoms with Gasteiger partial charge < -0.3 is 30.5 Å². The van der Waals surface area contributed by atoms with Crippen LogP contribution < -0.4 is 15.9 Å². The number of hydroxylamine groups is 1. The summed E-state index contributed by atoms with van der Waals surface area (Å²) in [6.07, 6.45) is -3.44. The molecule has 1 saturated heterocycles. The Labute approximate surface area is 230 Å². The normalized spacial score (nSPS) is 23.9. The van der Waals surface area contributed by atoms with Crippen LogP contribution in [0.3, 0.4) is 0 Å². The summed E-state index contributed by atoms with van der Waals surface area (Å²) in [7, 11) is -1.22. The lowest BCUT2D eigenvalue weighted by molar-refractivity contribution is -0.159. The number of nitrogen functional groups attached to an aromatic ring is 1. The molecule has 216 valence electrons. The Hall–Kier alpha value is -3.49. The number of imidazole rings is 1. The van der Waals surface area contributed by atoms with E-state index in [2.05, 4.69) is 20.3 Å². The van der Waals surface area contributed by atoms with Gasteiger partial charge in [-0.25, -0.2) is 9.37 Å². The maximum Gasteiger partial charge on any atom is 0.653 e. The van der Waals surface area contributed by atoms with Gasteiger partial charge in [0.15, 0.2) is 40.7 Å². The Morgan fingerprint density at radius 3 is 2.67 bits per heavy atom. The smallest absolute Gasteiger partial charge is 0.462 e. The van der Waals surface area contributed by atoms with Crippen LogP contribution in [0, 0.1) is 0 Å². The molecular formula is C24H32FN7O7P+. The van der Waals surface area contributed by atoms with Crippen molar-refractivity contribution in [2.75, 3.05) is 24.7 Å². The fourth-order valence-electron chi connectivity index (χ4n) is 4.09. The molecule has 1 unspecified atom stereocenters. The summed E-state index contributed by atoms with van der Waals surface area (Å²) in [5, 5.41) is 13.6. The molecule has 0 saturated carbocycles. The average Bonchev–Trinajstić information content (AvgIpc) is 3.42. The van der Waals surface area contributed by atoms with Crippen LogP contribution >= 0.6 is 8.18 Å². The van der Waals surface area contributed by atoms with E-state index in [9.17, 15) is 14.5 Å². The van der Waals surface area contributed by atoms with Gasteiger partial charge in [-0.3, -0.25) is 9.36 Å². The number of fused-ring (bicyclic) bond motifs is 1. The SMILES string of the molecule is CNc1nc(N)nc2c1ncn2[C@@H]1O[C@H](CO[P+](=O)N(Oc2ccccc2)[C@H](C)C(=O)OC(C)C)[C@@H](O)[C@@]1(C)F. The number of alkyl halides is 1. The lowest BCUT2D eigenvalue weighted by Crippen LogP contribution is -2.41. The Kier molecular flexibility index (Phi) is 8.80. The van der Waals surface area contributed by atoms with E-state index in [0.717, 1.165) is 11.8 Å². The van der Waals surface area contributed by atoms with E-state index in [1.165, 1.54) is 17.8 Å². The first kappa shape index (κ1) is 29.5. The largest absolute Gasteiger partial charge is 0.653 e. The third-order valence-electron chi connectivity index (χ3n) is 6.12. The summed E-state index contributed by atoms with van der Waals surface area (Å²) in [4.78, 5) is 31.5. The Morgan fingerprint density at radius 1 is 1.32 bits per heavy atom. The number of esters is 1. The number of carbonyl (C=O) groups is 1. The fraction of sp³-hybridized carbons (Fsp3) is 0.500. The molecule has 6 atom stereocenters. The molecular weight excluding hydrogens is 548 g/mol. The van der Waals surface area contributed by atoms with Crippen LogP contribution in [0.4, 0.5) is 16.2 Å². The first-order valence-electron chi connectivity index (χ1n) is 12.5. The monoisotopic (exact) mass is 580 g/mol. The highest BCUT2D eigenvalue weighted by molar-refractivity contribution is 7.36. The number of rotatable bonds is 11. The van der Waals surface area contributed by atoms with Gasteiger partial charge in [-0.05, 0) is 44.4 Å². The van der Waals surface area contributed by atoms with Crippen LogP contribution in [0.2, 0.25) is 0 Å². The summed E-state index contributed by atoms with van der Waals surface area (Å²) in [6, 6.07) is 7.22. The van der Waals surface area contributed by atoms with Gasteiger partial charge in [0.05, 0.1) is 12.4 Å². The molecule has 4 rings (SSSR count). The molecule has 1 aliphatic rings. The Bertz CT molecular complexity index is 1360. The van der Waals surface area contributed by atoms with Crippen molar-refractivity contribution in [3.05, 3.63) is 36.7 Å². The van der Waals surface area contributed by atoms with Crippen molar-refractivity contribution in [2.24, 2.45) is 0 Å². The van der Waals surface area contributed by atoms with Gasteiger partial charge in [0.25, 0.3) is 0 Å². The van der Waals surface area contributed by atoms with Crippen molar-refractivity contribution in [2.45, 2.75) is 63.9 Å². The lowest BCUT2D eigenvalue weighted by Gasteiger charge is -2.24. The number of nitrogens with two attached hydrogens (primary N) is 1. The van der Waals surface area contributed by atoms with E-state index in [1.807, 2.05) is 0 Å². The molecule has 1 aliphatic heterocycles. The fourth-order valence-corrected chi connectivity index (χ4v) is 5.01. The third-order valence-corrected chi connectivity index (χ3v) is 7.24. The van der Waals surface area contributed by atoms with Crippen molar-refractivity contribution in [3.63, 3.8) is 0 Å². The van der Waals surface area contributed by atoms with E-state index in [0.29, 0.717) is 17.1 Å². The van der Waals surface area contributed by atoms with Crippen molar-refractivity contribution < 1.29 is 37.7 Å². The number of aliphatic hydroxyl groups is 1. The number of anilines is 2. The second-order valence-electron chi connectivity index (χ2n) is 9.53. The maximum atomic E-state index is 15.9. The molecule has 14 nitrogen and oxygen atoms in total. The van der Waals surface area contributed by atoms with Gasteiger partial charge in [0.2, 0.25) is 5.95 Å². The number of nitrogens with one attached hydrogen (secondary N) is 1. The molecule has 2 aromatic heterocycles. The van der Waals surface area contributed by atoms with Gasteiger partial charge >= 0.3 is 14.1 Å². The topological polar surface area (TPSA) is 176 Å². The van der Waals surface area contributed by atoms with Crippen molar-refractivity contribution in [1.82, 2.24) is 24.4 Å². The summed E-state index contributed by atoms with van der Waals surface area (Å²) >= 11 is 0.